The fourth-order valence-corrected chi connectivity index (χ4v) is 6.40. The average molecular weight is 500 g/mol. The summed E-state index contributed by atoms with van der Waals surface area (Å²) in [6, 6.07) is 3.31. The van der Waals surface area contributed by atoms with Gasteiger partial charge < -0.3 is 9.30 Å². The van der Waals surface area contributed by atoms with Crippen LogP contribution in [0.3, 0.4) is 0 Å². The molecule has 7 rings (SSSR count). The Labute approximate surface area is 206 Å². The fourth-order valence-electron chi connectivity index (χ4n) is 6.40. The number of alkyl halides is 3. The van der Waals surface area contributed by atoms with Crippen LogP contribution in [0.4, 0.5) is 13.2 Å². The maximum absolute atomic E-state index is 13.6. The summed E-state index contributed by atoms with van der Waals surface area (Å²) in [6.07, 6.45) is -1.30. The van der Waals surface area contributed by atoms with Crippen LogP contribution in [0.2, 0.25) is 0 Å². The molecule has 0 spiro atoms. The molecular formula is C26H28F3N5O2. The highest BCUT2D eigenvalue weighted by atomic mass is 19.4. The molecule has 2 bridgehead atoms. The van der Waals surface area contributed by atoms with E-state index < -0.39 is 17.0 Å². The minimum Gasteiger partial charge on any atom is -0.370 e. The van der Waals surface area contributed by atoms with Crippen LogP contribution in [-0.4, -0.2) is 36.8 Å². The van der Waals surface area contributed by atoms with Gasteiger partial charge >= 0.3 is 6.18 Å². The van der Waals surface area contributed by atoms with Gasteiger partial charge in [-0.25, -0.2) is 19.9 Å². The summed E-state index contributed by atoms with van der Waals surface area (Å²) in [5.41, 5.74) is 1.65. The van der Waals surface area contributed by atoms with E-state index in [9.17, 15) is 18.0 Å². The van der Waals surface area contributed by atoms with Crippen LogP contribution in [0.25, 0.3) is 11.2 Å². The molecule has 4 fully saturated rings. The van der Waals surface area contributed by atoms with Gasteiger partial charge in [0.15, 0.2) is 5.65 Å². The molecule has 4 aliphatic rings. The number of fused-ring (bicyclic) bond motifs is 1. The minimum atomic E-state index is -4.20. The van der Waals surface area contributed by atoms with E-state index in [1.807, 2.05) is 20.8 Å². The quantitative estimate of drug-likeness (QED) is 0.518. The lowest BCUT2D eigenvalue weighted by molar-refractivity contribution is -0.337. The summed E-state index contributed by atoms with van der Waals surface area (Å²) in [5.74, 6) is 0.525. The van der Waals surface area contributed by atoms with Crippen LogP contribution in [-0.2, 0) is 17.2 Å². The van der Waals surface area contributed by atoms with Crippen LogP contribution < -0.4 is 5.56 Å². The maximum Gasteiger partial charge on any atom is 0.394 e. The Morgan fingerprint density at radius 1 is 1.03 bits per heavy atom. The summed E-state index contributed by atoms with van der Waals surface area (Å²) >= 11 is 0. The first-order chi connectivity index (χ1) is 16.9. The lowest BCUT2D eigenvalue weighted by Crippen LogP contribution is -2.70. The zero-order valence-corrected chi connectivity index (χ0v) is 20.7. The van der Waals surface area contributed by atoms with Gasteiger partial charge in [-0.05, 0) is 64.5 Å². The van der Waals surface area contributed by atoms with E-state index in [2.05, 4.69) is 9.97 Å². The standard InChI is InChI=1S/C26H28F3N5O2/c1-13-7-17(8-18(36-13)16-5-6-19(35)34(4)9-16)22-32-21(20-23(33-22)31-15(3)14(2)30-20)24-10-25(11-24,12-24)26(27,28)29/h5-6,9,13,17-18H,7-8,10-12H2,1-4H3. The number of halogens is 3. The van der Waals surface area contributed by atoms with Crippen LogP contribution in [0.1, 0.15) is 79.5 Å². The van der Waals surface area contributed by atoms with Crippen LogP contribution >= 0.6 is 0 Å². The van der Waals surface area contributed by atoms with E-state index in [0.717, 1.165) is 17.0 Å². The second-order valence-electron chi connectivity index (χ2n) is 11.1. The molecule has 3 aromatic heterocycles. The molecule has 3 atom stereocenters. The van der Waals surface area contributed by atoms with E-state index >= 15 is 0 Å². The first-order valence-electron chi connectivity index (χ1n) is 12.3. The molecule has 0 radical (unpaired) electrons. The highest BCUT2D eigenvalue weighted by molar-refractivity contribution is 5.75. The molecular weight excluding hydrogens is 471 g/mol. The van der Waals surface area contributed by atoms with Gasteiger partial charge in [0.2, 0.25) is 5.56 Å². The second-order valence-corrected chi connectivity index (χ2v) is 11.1. The van der Waals surface area contributed by atoms with E-state index in [1.165, 1.54) is 10.6 Å². The summed E-state index contributed by atoms with van der Waals surface area (Å²) in [6.45, 7) is 5.69. The topological polar surface area (TPSA) is 82.8 Å². The van der Waals surface area contributed by atoms with Crippen molar-refractivity contribution in [3.05, 3.63) is 57.2 Å². The number of hydrogen-bond donors (Lipinski definition) is 0. The molecule has 7 nitrogen and oxygen atoms in total. The van der Waals surface area contributed by atoms with Crippen molar-refractivity contribution in [3.63, 3.8) is 0 Å². The Bertz CT molecular complexity index is 1430. The minimum absolute atomic E-state index is 0.0501. The van der Waals surface area contributed by atoms with Crippen molar-refractivity contribution in [2.75, 3.05) is 0 Å². The van der Waals surface area contributed by atoms with Gasteiger partial charge in [0.05, 0.1) is 34.7 Å². The van der Waals surface area contributed by atoms with Gasteiger partial charge in [-0.15, -0.1) is 0 Å². The van der Waals surface area contributed by atoms with Crippen LogP contribution in [0.5, 0.6) is 0 Å². The van der Waals surface area contributed by atoms with Crippen molar-refractivity contribution in [1.82, 2.24) is 24.5 Å². The lowest BCUT2D eigenvalue weighted by Gasteiger charge is -2.70. The normalized spacial score (nSPS) is 31.7. The Morgan fingerprint density at radius 2 is 1.72 bits per heavy atom. The Kier molecular flexibility index (Phi) is 4.94. The zero-order valence-electron chi connectivity index (χ0n) is 20.7. The molecule has 10 heteroatoms. The van der Waals surface area contributed by atoms with Gasteiger partial charge in [0.1, 0.15) is 11.3 Å². The first-order valence-corrected chi connectivity index (χ1v) is 12.3. The van der Waals surface area contributed by atoms with Crippen molar-refractivity contribution in [1.29, 1.82) is 0 Å². The molecule has 1 aliphatic heterocycles. The van der Waals surface area contributed by atoms with Crippen molar-refractivity contribution in [2.45, 2.75) is 82.6 Å². The highest BCUT2D eigenvalue weighted by Crippen LogP contribution is 2.78. The number of hydrogen-bond acceptors (Lipinski definition) is 6. The number of nitrogens with zero attached hydrogens (tertiary/aromatic N) is 5. The van der Waals surface area contributed by atoms with Gasteiger partial charge in [-0.3, -0.25) is 4.79 Å². The smallest absolute Gasteiger partial charge is 0.370 e. The van der Waals surface area contributed by atoms with Crippen molar-refractivity contribution in [3.8, 4) is 0 Å². The molecule has 3 unspecified atom stereocenters. The maximum atomic E-state index is 13.6. The number of rotatable bonds is 3. The highest BCUT2D eigenvalue weighted by Gasteiger charge is 2.79. The summed E-state index contributed by atoms with van der Waals surface area (Å²) in [4.78, 5) is 30.9. The Morgan fingerprint density at radius 3 is 2.39 bits per heavy atom. The van der Waals surface area contributed by atoms with Gasteiger partial charge in [-0.1, -0.05) is 0 Å². The molecule has 0 N–H and O–H groups in total. The van der Waals surface area contributed by atoms with Crippen molar-refractivity contribution in [2.24, 2.45) is 12.5 Å². The number of aryl methyl sites for hydroxylation is 3. The van der Waals surface area contributed by atoms with Crippen LogP contribution in [0, 0.1) is 19.3 Å². The molecule has 4 heterocycles. The Hall–Kier alpha value is -2.88. The third-order valence-electron chi connectivity index (χ3n) is 8.45. The fraction of sp³-hybridized carbons (Fsp3) is 0.577. The zero-order chi connectivity index (χ0) is 25.6. The largest absolute Gasteiger partial charge is 0.394 e. The van der Waals surface area contributed by atoms with Crippen molar-refractivity contribution < 1.29 is 17.9 Å². The monoisotopic (exact) mass is 499 g/mol. The van der Waals surface area contributed by atoms with Gasteiger partial charge in [0, 0.05) is 30.6 Å². The van der Waals surface area contributed by atoms with Crippen LogP contribution in [0.15, 0.2) is 23.1 Å². The lowest BCUT2D eigenvalue weighted by atomic mass is 9.34. The number of ether oxygens (including phenoxy) is 1. The third kappa shape index (κ3) is 3.40. The van der Waals surface area contributed by atoms with Gasteiger partial charge in [0.25, 0.3) is 0 Å². The molecule has 0 aromatic carbocycles. The first kappa shape index (κ1) is 23.5. The van der Waals surface area contributed by atoms with E-state index in [1.54, 1.807) is 19.3 Å². The number of aromatic nitrogens is 5. The Balaban J connectivity index is 1.40. The summed E-state index contributed by atoms with van der Waals surface area (Å²) < 4.78 is 48.6. The van der Waals surface area contributed by atoms with E-state index in [0.29, 0.717) is 35.5 Å². The summed E-state index contributed by atoms with van der Waals surface area (Å²) in [5, 5.41) is 0. The molecule has 36 heavy (non-hydrogen) atoms. The predicted molar refractivity (Wildman–Crippen MR) is 126 cm³/mol. The molecule has 190 valence electrons. The van der Waals surface area contributed by atoms with Gasteiger partial charge in [-0.2, -0.15) is 13.2 Å². The van der Waals surface area contributed by atoms with Crippen molar-refractivity contribution >= 4 is 11.2 Å². The molecule has 1 saturated heterocycles. The molecule has 3 saturated carbocycles. The molecule has 3 aliphatic carbocycles. The summed E-state index contributed by atoms with van der Waals surface area (Å²) in [7, 11) is 1.70. The number of pyridine rings is 1. The third-order valence-corrected chi connectivity index (χ3v) is 8.45. The average Bonchev–Trinajstić information content (AvgIpc) is 2.73. The second kappa shape index (κ2) is 7.57. The molecule has 0 amide bonds. The van der Waals surface area contributed by atoms with E-state index in [4.69, 9.17) is 14.7 Å². The predicted octanol–water partition coefficient (Wildman–Crippen LogP) is 4.74. The molecule has 3 aromatic rings. The van der Waals surface area contributed by atoms with E-state index in [-0.39, 0.29) is 42.9 Å². The SMILES string of the molecule is Cc1nc2nc(C3CC(C)OC(c4ccc(=O)n(C)c4)C3)nc(C34CC(C(F)(F)F)(C3)C4)c2nc1C.